The molecule has 0 aliphatic heterocycles. The van der Waals surface area contributed by atoms with Crippen LogP contribution >= 0.6 is 0 Å². The summed E-state index contributed by atoms with van der Waals surface area (Å²) < 4.78 is 0. The maximum absolute atomic E-state index is 10.6. The number of benzene rings is 1. The minimum Gasteiger partial charge on any atom is -0.392 e. The van der Waals surface area contributed by atoms with Gasteiger partial charge in [-0.25, -0.2) is 0 Å². The van der Waals surface area contributed by atoms with E-state index in [1.54, 1.807) is 0 Å². The summed E-state index contributed by atoms with van der Waals surface area (Å²) in [6.45, 7) is 6.73. The molecule has 3 rings (SSSR count). The van der Waals surface area contributed by atoms with Crippen LogP contribution in [0.5, 0.6) is 0 Å². The lowest BCUT2D eigenvalue weighted by Gasteiger charge is -2.27. The van der Waals surface area contributed by atoms with E-state index in [9.17, 15) is 5.11 Å². The summed E-state index contributed by atoms with van der Waals surface area (Å²) >= 11 is 0. The van der Waals surface area contributed by atoms with Gasteiger partial charge in [-0.15, -0.1) is 0 Å². The highest BCUT2D eigenvalue weighted by molar-refractivity contribution is 5.28. The zero-order valence-corrected chi connectivity index (χ0v) is 13.1. The average molecular weight is 272 g/mol. The lowest BCUT2D eigenvalue weighted by Crippen LogP contribution is -2.27. The molecule has 0 aromatic heterocycles. The Labute approximate surface area is 123 Å². The summed E-state index contributed by atoms with van der Waals surface area (Å²) in [5.41, 5.74) is 2.87. The summed E-state index contributed by atoms with van der Waals surface area (Å²) in [5, 5.41) is 10.6. The number of hydrogen-bond donors (Lipinski definition) is 1. The van der Waals surface area contributed by atoms with Gasteiger partial charge in [0, 0.05) is 0 Å². The molecule has 0 saturated heterocycles. The molecule has 110 valence electrons. The van der Waals surface area contributed by atoms with E-state index < -0.39 is 0 Å². The molecule has 1 heteroatoms. The Kier molecular flexibility index (Phi) is 3.66. The molecule has 2 aliphatic carbocycles. The Morgan fingerprint density at radius 1 is 1.10 bits per heavy atom. The first-order chi connectivity index (χ1) is 9.43. The van der Waals surface area contributed by atoms with E-state index in [2.05, 4.69) is 45.0 Å². The highest BCUT2D eigenvalue weighted by atomic mass is 16.3. The average Bonchev–Trinajstić information content (AvgIpc) is 3.00. The van der Waals surface area contributed by atoms with Gasteiger partial charge in [0.2, 0.25) is 0 Å². The van der Waals surface area contributed by atoms with Gasteiger partial charge < -0.3 is 5.11 Å². The Hall–Kier alpha value is -0.820. The SMILES string of the molecule is CC(C)(C)c1ccc(CC(O)C2CC3CCC2C3)cc1. The Morgan fingerprint density at radius 2 is 1.80 bits per heavy atom. The van der Waals surface area contributed by atoms with Crippen molar-refractivity contribution in [2.45, 2.75) is 64.4 Å². The molecule has 1 nitrogen and oxygen atoms in total. The molecular weight excluding hydrogens is 244 g/mol. The van der Waals surface area contributed by atoms with Gasteiger partial charge in [0.25, 0.3) is 0 Å². The molecule has 0 radical (unpaired) electrons. The van der Waals surface area contributed by atoms with Crippen LogP contribution in [0.4, 0.5) is 0 Å². The van der Waals surface area contributed by atoms with Crippen molar-refractivity contribution >= 4 is 0 Å². The third-order valence-electron chi connectivity index (χ3n) is 5.55. The second kappa shape index (κ2) is 5.18. The summed E-state index contributed by atoms with van der Waals surface area (Å²) in [7, 11) is 0. The molecular formula is C19H28O. The maximum atomic E-state index is 10.6. The molecule has 2 saturated carbocycles. The second-order valence-electron chi connectivity index (χ2n) is 8.06. The van der Waals surface area contributed by atoms with Gasteiger partial charge in [-0.3, -0.25) is 0 Å². The Balaban J connectivity index is 1.63. The molecule has 0 amide bonds. The summed E-state index contributed by atoms with van der Waals surface area (Å²) in [5.74, 6) is 2.29. The third-order valence-corrected chi connectivity index (χ3v) is 5.55. The minimum atomic E-state index is -0.134. The van der Waals surface area contributed by atoms with Gasteiger partial charge in [0.1, 0.15) is 0 Å². The summed E-state index contributed by atoms with van der Waals surface area (Å²) in [6.07, 6.45) is 6.11. The highest BCUT2D eigenvalue weighted by Crippen LogP contribution is 2.49. The molecule has 0 heterocycles. The molecule has 4 atom stereocenters. The van der Waals surface area contributed by atoms with Crippen LogP contribution < -0.4 is 0 Å². The number of fused-ring (bicyclic) bond motifs is 2. The Bertz CT molecular complexity index is 454. The molecule has 4 unspecified atom stereocenters. The van der Waals surface area contributed by atoms with Gasteiger partial charge in [-0.05, 0) is 60.0 Å². The lowest BCUT2D eigenvalue weighted by molar-refractivity contribution is 0.0751. The van der Waals surface area contributed by atoms with Gasteiger partial charge >= 0.3 is 0 Å². The molecule has 1 aromatic rings. The smallest absolute Gasteiger partial charge is 0.0611 e. The predicted octanol–water partition coefficient (Wildman–Crippen LogP) is 4.32. The topological polar surface area (TPSA) is 20.2 Å². The van der Waals surface area contributed by atoms with Crippen LogP contribution in [0.25, 0.3) is 0 Å². The van der Waals surface area contributed by atoms with E-state index in [4.69, 9.17) is 0 Å². The van der Waals surface area contributed by atoms with E-state index >= 15 is 0 Å². The van der Waals surface area contributed by atoms with Crippen LogP contribution in [0.15, 0.2) is 24.3 Å². The third kappa shape index (κ3) is 2.79. The van der Waals surface area contributed by atoms with Gasteiger partial charge in [-0.1, -0.05) is 51.5 Å². The van der Waals surface area contributed by atoms with Crippen LogP contribution in [-0.2, 0) is 11.8 Å². The van der Waals surface area contributed by atoms with Crippen molar-refractivity contribution in [1.82, 2.24) is 0 Å². The molecule has 1 aromatic carbocycles. The number of aliphatic hydroxyl groups is 1. The van der Waals surface area contributed by atoms with Crippen molar-refractivity contribution in [1.29, 1.82) is 0 Å². The van der Waals surface area contributed by atoms with E-state index in [0.29, 0.717) is 5.92 Å². The molecule has 20 heavy (non-hydrogen) atoms. The monoisotopic (exact) mass is 272 g/mol. The zero-order chi connectivity index (χ0) is 14.3. The van der Waals surface area contributed by atoms with E-state index in [1.807, 2.05) is 0 Å². The van der Waals surface area contributed by atoms with Gasteiger partial charge in [0.15, 0.2) is 0 Å². The first kappa shape index (κ1) is 14.1. The van der Waals surface area contributed by atoms with Gasteiger partial charge in [-0.2, -0.15) is 0 Å². The normalized spacial score (nSPS) is 30.7. The van der Waals surface area contributed by atoms with Crippen molar-refractivity contribution in [3.8, 4) is 0 Å². The van der Waals surface area contributed by atoms with Crippen LogP contribution in [-0.4, -0.2) is 11.2 Å². The Morgan fingerprint density at radius 3 is 2.30 bits per heavy atom. The maximum Gasteiger partial charge on any atom is 0.0611 e. The predicted molar refractivity (Wildman–Crippen MR) is 83.8 cm³/mol. The number of aliphatic hydroxyl groups excluding tert-OH is 1. The van der Waals surface area contributed by atoms with Crippen LogP contribution in [0.1, 0.15) is 57.6 Å². The molecule has 0 spiro atoms. The fraction of sp³-hybridized carbons (Fsp3) is 0.684. The van der Waals surface area contributed by atoms with Crippen LogP contribution in [0.2, 0.25) is 0 Å². The standard InChI is InChI=1S/C19H28O/c1-19(2,3)16-8-5-13(6-9-16)12-18(20)17-11-14-4-7-15(17)10-14/h5-6,8-9,14-15,17-18,20H,4,7,10-12H2,1-3H3. The fourth-order valence-electron chi connectivity index (χ4n) is 4.30. The van der Waals surface area contributed by atoms with Crippen molar-refractivity contribution in [2.75, 3.05) is 0 Å². The van der Waals surface area contributed by atoms with Crippen molar-refractivity contribution in [3.63, 3.8) is 0 Å². The molecule has 2 aliphatic rings. The molecule has 2 fully saturated rings. The lowest BCUT2D eigenvalue weighted by atomic mass is 9.82. The van der Waals surface area contributed by atoms with E-state index in [0.717, 1.165) is 18.3 Å². The number of hydrogen-bond acceptors (Lipinski definition) is 1. The zero-order valence-electron chi connectivity index (χ0n) is 13.1. The minimum absolute atomic E-state index is 0.134. The van der Waals surface area contributed by atoms with Crippen molar-refractivity contribution in [3.05, 3.63) is 35.4 Å². The van der Waals surface area contributed by atoms with E-state index in [1.165, 1.54) is 36.8 Å². The summed E-state index contributed by atoms with van der Waals surface area (Å²) in [6, 6.07) is 8.86. The first-order valence-corrected chi connectivity index (χ1v) is 8.21. The fourth-order valence-corrected chi connectivity index (χ4v) is 4.30. The molecule has 2 bridgehead atoms. The van der Waals surface area contributed by atoms with Crippen LogP contribution in [0.3, 0.4) is 0 Å². The van der Waals surface area contributed by atoms with E-state index in [-0.39, 0.29) is 11.5 Å². The summed E-state index contributed by atoms with van der Waals surface area (Å²) in [4.78, 5) is 0. The van der Waals surface area contributed by atoms with Gasteiger partial charge in [0.05, 0.1) is 6.10 Å². The second-order valence-corrected chi connectivity index (χ2v) is 8.06. The van der Waals surface area contributed by atoms with Crippen molar-refractivity contribution < 1.29 is 5.11 Å². The first-order valence-electron chi connectivity index (χ1n) is 8.21. The van der Waals surface area contributed by atoms with Crippen LogP contribution in [0, 0.1) is 17.8 Å². The molecule has 1 N–H and O–H groups in total. The highest BCUT2D eigenvalue weighted by Gasteiger charge is 2.42. The largest absolute Gasteiger partial charge is 0.392 e. The van der Waals surface area contributed by atoms with Crippen molar-refractivity contribution in [2.24, 2.45) is 17.8 Å². The number of rotatable bonds is 3. The quantitative estimate of drug-likeness (QED) is 0.868.